The van der Waals surface area contributed by atoms with Crippen LogP contribution in [-0.2, 0) is 9.59 Å². The van der Waals surface area contributed by atoms with Gasteiger partial charge in [-0.3, -0.25) is 20.4 Å². The molecular formula is C20H17ClN2O6. The summed E-state index contributed by atoms with van der Waals surface area (Å²) < 4.78 is 22.0. The molecular weight excluding hydrogens is 400 g/mol. The second kappa shape index (κ2) is 8.32. The molecule has 8 nitrogen and oxygen atoms in total. The number of hydrogen-bond donors (Lipinski definition) is 2. The lowest BCUT2D eigenvalue weighted by molar-refractivity contribution is -0.134. The van der Waals surface area contributed by atoms with Gasteiger partial charge in [-0.05, 0) is 35.9 Å². The van der Waals surface area contributed by atoms with E-state index in [1.807, 2.05) is 6.07 Å². The molecule has 0 radical (unpaired) electrons. The van der Waals surface area contributed by atoms with Crippen LogP contribution in [-0.4, -0.2) is 37.7 Å². The lowest BCUT2D eigenvalue weighted by Gasteiger charge is -2.25. The first-order valence-electron chi connectivity index (χ1n) is 8.86. The molecule has 9 heteroatoms. The molecule has 0 spiro atoms. The Morgan fingerprint density at radius 1 is 1.00 bits per heavy atom. The molecule has 0 fully saturated rings. The van der Waals surface area contributed by atoms with Gasteiger partial charge in [-0.2, -0.15) is 0 Å². The lowest BCUT2D eigenvalue weighted by atomic mass is 10.1. The van der Waals surface area contributed by atoms with Gasteiger partial charge >= 0.3 is 0 Å². The van der Waals surface area contributed by atoms with E-state index in [2.05, 4.69) is 10.9 Å². The standard InChI is InChI=1S/C20H17ClN2O6/c21-13-9-12(10-16-19(13)27-8-7-26-16)5-6-18(24)22-23-20(25)17-11-28-14-3-1-2-4-15(14)29-17/h1-6,9-10,17H,7-8,11H2,(H,22,24)(H,23,25)/b6-5+. The van der Waals surface area contributed by atoms with Crippen LogP contribution < -0.4 is 29.8 Å². The summed E-state index contributed by atoms with van der Waals surface area (Å²) in [5.41, 5.74) is 5.27. The Hall–Kier alpha value is -3.39. The fraction of sp³-hybridized carbons (Fsp3) is 0.200. The molecule has 2 aromatic rings. The summed E-state index contributed by atoms with van der Waals surface area (Å²) in [4.78, 5) is 24.2. The van der Waals surface area contributed by atoms with Crippen LogP contribution in [0.3, 0.4) is 0 Å². The van der Waals surface area contributed by atoms with Gasteiger partial charge in [-0.25, -0.2) is 0 Å². The van der Waals surface area contributed by atoms with Gasteiger partial charge in [0.15, 0.2) is 23.0 Å². The van der Waals surface area contributed by atoms with E-state index in [4.69, 9.17) is 30.5 Å². The second-order valence-corrected chi connectivity index (χ2v) is 6.61. The molecule has 2 aliphatic heterocycles. The van der Waals surface area contributed by atoms with Crippen molar-refractivity contribution in [2.75, 3.05) is 19.8 Å². The van der Waals surface area contributed by atoms with Crippen LogP contribution in [0.15, 0.2) is 42.5 Å². The van der Waals surface area contributed by atoms with Crippen molar-refractivity contribution in [3.05, 3.63) is 53.1 Å². The summed E-state index contributed by atoms with van der Waals surface area (Å²) in [6, 6.07) is 10.4. The SMILES string of the molecule is O=C(/C=C/c1cc(Cl)c2c(c1)OCCO2)NNC(=O)C1COc2ccccc2O1. The average molecular weight is 417 g/mol. The van der Waals surface area contributed by atoms with Crippen LogP contribution in [0, 0.1) is 0 Å². The lowest BCUT2D eigenvalue weighted by Crippen LogP contribution is -2.50. The maximum atomic E-state index is 12.2. The van der Waals surface area contributed by atoms with E-state index in [9.17, 15) is 9.59 Å². The minimum Gasteiger partial charge on any atom is -0.486 e. The molecule has 0 aromatic heterocycles. The van der Waals surface area contributed by atoms with Gasteiger partial charge in [0, 0.05) is 6.08 Å². The molecule has 2 amide bonds. The van der Waals surface area contributed by atoms with Crippen LogP contribution in [0.4, 0.5) is 0 Å². The van der Waals surface area contributed by atoms with Crippen molar-refractivity contribution >= 4 is 29.5 Å². The number of rotatable bonds is 3. The molecule has 2 aliphatic rings. The van der Waals surface area contributed by atoms with Crippen molar-refractivity contribution in [1.82, 2.24) is 10.9 Å². The van der Waals surface area contributed by atoms with E-state index in [1.54, 1.807) is 36.4 Å². The zero-order chi connectivity index (χ0) is 20.2. The fourth-order valence-corrected chi connectivity index (χ4v) is 3.07. The summed E-state index contributed by atoms with van der Waals surface area (Å²) in [7, 11) is 0. The summed E-state index contributed by atoms with van der Waals surface area (Å²) in [6.45, 7) is 0.913. The second-order valence-electron chi connectivity index (χ2n) is 6.20. The number of benzene rings is 2. The molecule has 1 unspecified atom stereocenters. The van der Waals surface area contributed by atoms with E-state index < -0.39 is 17.9 Å². The zero-order valence-electron chi connectivity index (χ0n) is 15.1. The maximum absolute atomic E-state index is 12.2. The van der Waals surface area contributed by atoms with Gasteiger partial charge in [-0.15, -0.1) is 0 Å². The van der Waals surface area contributed by atoms with Crippen LogP contribution in [0.2, 0.25) is 5.02 Å². The number of para-hydroxylation sites is 2. The Morgan fingerprint density at radius 2 is 1.79 bits per heavy atom. The number of ether oxygens (including phenoxy) is 4. The number of hydrogen-bond acceptors (Lipinski definition) is 6. The minimum atomic E-state index is -0.870. The van der Waals surface area contributed by atoms with Crippen molar-refractivity contribution in [3.8, 4) is 23.0 Å². The largest absolute Gasteiger partial charge is 0.486 e. The molecule has 4 rings (SSSR count). The number of carbonyl (C=O) groups excluding carboxylic acids is 2. The highest BCUT2D eigenvalue weighted by Crippen LogP contribution is 2.38. The van der Waals surface area contributed by atoms with E-state index in [1.165, 1.54) is 6.08 Å². The monoisotopic (exact) mass is 416 g/mol. The van der Waals surface area contributed by atoms with Gasteiger partial charge in [0.05, 0.1) is 5.02 Å². The molecule has 0 saturated heterocycles. The Labute approximate surface area is 171 Å². The molecule has 1 atom stereocenters. The van der Waals surface area contributed by atoms with Crippen LogP contribution >= 0.6 is 11.6 Å². The van der Waals surface area contributed by atoms with Crippen LogP contribution in [0.5, 0.6) is 23.0 Å². The summed E-state index contributed by atoms with van der Waals surface area (Å²) in [5.74, 6) is 1.00. The highest BCUT2D eigenvalue weighted by atomic mass is 35.5. The molecule has 2 aromatic carbocycles. The number of nitrogens with one attached hydrogen (secondary N) is 2. The van der Waals surface area contributed by atoms with E-state index in [-0.39, 0.29) is 6.61 Å². The number of halogens is 1. The first-order valence-corrected chi connectivity index (χ1v) is 9.23. The Morgan fingerprint density at radius 3 is 2.66 bits per heavy atom. The van der Waals surface area contributed by atoms with Gasteiger partial charge in [0.25, 0.3) is 11.8 Å². The highest BCUT2D eigenvalue weighted by molar-refractivity contribution is 6.32. The summed E-state index contributed by atoms with van der Waals surface area (Å²) >= 11 is 6.17. The van der Waals surface area contributed by atoms with Crippen LogP contribution in [0.1, 0.15) is 5.56 Å². The van der Waals surface area contributed by atoms with E-state index in [0.29, 0.717) is 46.8 Å². The predicted molar refractivity (Wildman–Crippen MR) is 104 cm³/mol. The summed E-state index contributed by atoms with van der Waals surface area (Å²) in [6.07, 6.45) is 1.93. The quantitative estimate of drug-likeness (QED) is 0.588. The van der Waals surface area contributed by atoms with E-state index in [0.717, 1.165) is 0 Å². The highest BCUT2D eigenvalue weighted by Gasteiger charge is 2.27. The molecule has 2 N–H and O–H groups in total. The third-order valence-corrected chi connectivity index (χ3v) is 4.44. The third kappa shape index (κ3) is 4.38. The minimum absolute atomic E-state index is 0.0459. The van der Waals surface area contributed by atoms with Gasteiger partial charge in [0.2, 0.25) is 6.10 Å². The Balaban J connectivity index is 1.31. The molecule has 0 aliphatic carbocycles. The van der Waals surface area contributed by atoms with Gasteiger partial charge in [-0.1, -0.05) is 23.7 Å². The predicted octanol–water partition coefficient (Wildman–Crippen LogP) is 2.11. The zero-order valence-corrected chi connectivity index (χ0v) is 15.9. The number of hydrazine groups is 1. The van der Waals surface area contributed by atoms with E-state index >= 15 is 0 Å². The smallest absolute Gasteiger partial charge is 0.283 e. The number of amides is 2. The normalized spacial score (nSPS) is 16.9. The molecule has 0 bridgehead atoms. The van der Waals surface area contributed by atoms with Gasteiger partial charge < -0.3 is 18.9 Å². The van der Waals surface area contributed by atoms with Crippen molar-refractivity contribution in [2.24, 2.45) is 0 Å². The molecule has 150 valence electrons. The Bertz CT molecular complexity index is 977. The topological polar surface area (TPSA) is 95.1 Å². The third-order valence-electron chi connectivity index (χ3n) is 4.16. The first kappa shape index (κ1) is 18.9. The fourth-order valence-electron chi connectivity index (χ4n) is 2.79. The number of fused-ring (bicyclic) bond motifs is 2. The molecule has 29 heavy (non-hydrogen) atoms. The van der Waals surface area contributed by atoms with Gasteiger partial charge in [0.1, 0.15) is 19.8 Å². The maximum Gasteiger partial charge on any atom is 0.283 e. The molecule has 2 heterocycles. The van der Waals surface area contributed by atoms with Crippen molar-refractivity contribution in [1.29, 1.82) is 0 Å². The molecule has 0 saturated carbocycles. The Kier molecular flexibility index (Phi) is 5.44. The van der Waals surface area contributed by atoms with Crippen molar-refractivity contribution < 1.29 is 28.5 Å². The average Bonchev–Trinajstić information content (AvgIpc) is 2.75. The first-order chi connectivity index (χ1) is 14.1. The van der Waals surface area contributed by atoms with Crippen molar-refractivity contribution in [2.45, 2.75) is 6.10 Å². The van der Waals surface area contributed by atoms with Crippen LogP contribution in [0.25, 0.3) is 6.08 Å². The summed E-state index contributed by atoms with van der Waals surface area (Å²) in [5, 5.41) is 0.394. The van der Waals surface area contributed by atoms with Crippen molar-refractivity contribution in [3.63, 3.8) is 0 Å². The number of carbonyl (C=O) groups is 2.